The molecule has 0 aliphatic carbocycles. The van der Waals surface area contributed by atoms with E-state index in [1.165, 1.54) is 0 Å². The summed E-state index contributed by atoms with van der Waals surface area (Å²) in [5.74, 6) is 0.649. The van der Waals surface area contributed by atoms with Gasteiger partial charge in [0.25, 0.3) is 0 Å². The molecule has 0 unspecified atom stereocenters. The van der Waals surface area contributed by atoms with Crippen LogP contribution in [0.3, 0.4) is 0 Å². The Morgan fingerprint density at radius 1 is 1.33 bits per heavy atom. The van der Waals surface area contributed by atoms with Crippen LogP contribution < -0.4 is 5.32 Å². The normalized spacial score (nSPS) is 11.4. The van der Waals surface area contributed by atoms with Crippen LogP contribution in [0.5, 0.6) is 0 Å². The first-order valence-electron chi connectivity index (χ1n) is 6.12. The topological polar surface area (TPSA) is 55.6 Å². The highest BCUT2D eigenvalue weighted by Crippen LogP contribution is 2.17. The molecule has 0 bridgehead atoms. The maximum Gasteiger partial charge on any atom is 0.217 e. The van der Waals surface area contributed by atoms with E-state index in [-0.39, 0.29) is 0 Å². The van der Waals surface area contributed by atoms with E-state index in [0.717, 1.165) is 34.6 Å². The molecule has 0 spiro atoms. The zero-order valence-electron chi connectivity index (χ0n) is 11.3. The molecule has 0 fully saturated rings. The van der Waals surface area contributed by atoms with E-state index >= 15 is 0 Å². The van der Waals surface area contributed by atoms with Gasteiger partial charge in [0.05, 0.1) is 5.69 Å². The third kappa shape index (κ3) is 2.94. The van der Waals surface area contributed by atoms with E-state index < -0.39 is 0 Å². The van der Waals surface area contributed by atoms with E-state index in [1.54, 1.807) is 17.7 Å². The third-order valence-corrected chi connectivity index (χ3v) is 3.67. The standard InChI is InChI=1S/C12H19N5S/c1-8(2)5-13-6-11-15-16-12(18-11)17-7-14-9(3)10(17)4/h7-8,13H,5-6H2,1-4H3. The molecule has 6 heteroatoms. The largest absolute Gasteiger partial charge is 0.310 e. The highest BCUT2D eigenvalue weighted by molar-refractivity contribution is 7.13. The fourth-order valence-corrected chi connectivity index (χ4v) is 2.40. The average molecular weight is 265 g/mol. The Kier molecular flexibility index (Phi) is 4.08. The molecule has 0 aliphatic heterocycles. The van der Waals surface area contributed by atoms with Crippen LogP contribution >= 0.6 is 11.3 Å². The highest BCUT2D eigenvalue weighted by Gasteiger charge is 2.09. The van der Waals surface area contributed by atoms with Crippen LogP contribution in [0.25, 0.3) is 5.13 Å². The van der Waals surface area contributed by atoms with E-state index in [0.29, 0.717) is 5.92 Å². The van der Waals surface area contributed by atoms with E-state index in [1.807, 2.05) is 18.4 Å². The predicted molar refractivity (Wildman–Crippen MR) is 73.0 cm³/mol. The smallest absolute Gasteiger partial charge is 0.217 e. The van der Waals surface area contributed by atoms with Gasteiger partial charge >= 0.3 is 0 Å². The quantitative estimate of drug-likeness (QED) is 0.899. The molecule has 2 heterocycles. The predicted octanol–water partition coefficient (Wildman–Crippen LogP) is 2.09. The van der Waals surface area contributed by atoms with Crippen molar-refractivity contribution in [1.82, 2.24) is 25.1 Å². The SMILES string of the molecule is Cc1ncn(-c2nnc(CNCC(C)C)s2)c1C. The Balaban J connectivity index is 2.04. The van der Waals surface area contributed by atoms with Gasteiger partial charge in [-0.2, -0.15) is 0 Å². The fourth-order valence-electron chi connectivity index (χ4n) is 1.57. The van der Waals surface area contributed by atoms with Gasteiger partial charge in [-0.1, -0.05) is 25.2 Å². The number of nitrogens with zero attached hydrogens (tertiary/aromatic N) is 4. The first kappa shape index (κ1) is 13.2. The molecule has 0 saturated heterocycles. The van der Waals surface area contributed by atoms with E-state index in [2.05, 4.69) is 34.3 Å². The molecule has 0 atom stereocenters. The molecular formula is C12H19N5S. The first-order chi connectivity index (χ1) is 8.58. The van der Waals surface area contributed by atoms with Crippen molar-refractivity contribution >= 4 is 11.3 Å². The van der Waals surface area contributed by atoms with Gasteiger partial charge in [0.1, 0.15) is 11.3 Å². The minimum atomic E-state index is 0.649. The number of hydrogen-bond donors (Lipinski definition) is 1. The zero-order chi connectivity index (χ0) is 13.1. The maximum absolute atomic E-state index is 4.27. The summed E-state index contributed by atoms with van der Waals surface area (Å²) in [4.78, 5) is 4.27. The van der Waals surface area contributed by atoms with Crippen LogP contribution in [0.4, 0.5) is 0 Å². The number of imidazole rings is 1. The third-order valence-electron chi connectivity index (χ3n) is 2.74. The van der Waals surface area contributed by atoms with Crippen LogP contribution in [-0.2, 0) is 6.54 Å². The van der Waals surface area contributed by atoms with Crippen molar-refractivity contribution in [2.45, 2.75) is 34.2 Å². The fraction of sp³-hybridized carbons (Fsp3) is 0.583. The summed E-state index contributed by atoms with van der Waals surface area (Å²) in [6, 6.07) is 0. The van der Waals surface area contributed by atoms with Crippen molar-refractivity contribution in [2.24, 2.45) is 5.92 Å². The van der Waals surface area contributed by atoms with Gasteiger partial charge in [-0.05, 0) is 26.3 Å². The second-order valence-corrected chi connectivity index (χ2v) is 5.83. The lowest BCUT2D eigenvalue weighted by molar-refractivity contribution is 0.550. The monoisotopic (exact) mass is 265 g/mol. The second-order valence-electron chi connectivity index (χ2n) is 4.79. The molecule has 0 saturated carbocycles. The van der Waals surface area contributed by atoms with E-state index in [4.69, 9.17) is 0 Å². The summed E-state index contributed by atoms with van der Waals surface area (Å²) < 4.78 is 1.99. The second kappa shape index (κ2) is 5.58. The molecule has 1 N–H and O–H groups in total. The van der Waals surface area contributed by atoms with E-state index in [9.17, 15) is 0 Å². The number of rotatable bonds is 5. The van der Waals surface area contributed by atoms with Crippen molar-refractivity contribution in [2.75, 3.05) is 6.54 Å². The Hall–Kier alpha value is -1.27. The van der Waals surface area contributed by atoms with Crippen LogP contribution in [0.1, 0.15) is 30.2 Å². The molecule has 0 aliphatic rings. The molecule has 98 valence electrons. The summed E-state index contributed by atoms with van der Waals surface area (Å²) in [5, 5.41) is 13.7. The summed E-state index contributed by atoms with van der Waals surface area (Å²) in [5.41, 5.74) is 2.15. The number of aromatic nitrogens is 4. The number of aryl methyl sites for hydroxylation is 1. The van der Waals surface area contributed by atoms with Crippen LogP contribution in [0.2, 0.25) is 0 Å². The summed E-state index contributed by atoms with van der Waals surface area (Å²) in [7, 11) is 0. The average Bonchev–Trinajstić information content (AvgIpc) is 2.88. The van der Waals surface area contributed by atoms with Crippen molar-refractivity contribution < 1.29 is 0 Å². The van der Waals surface area contributed by atoms with Crippen molar-refractivity contribution in [3.05, 3.63) is 22.7 Å². The van der Waals surface area contributed by atoms with Crippen LogP contribution in [0.15, 0.2) is 6.33 Å². The minimum Gasteiger partial charge on any atom is -0.310 e. The molecule has 2 aromatic heterocycles. The highest BCUT2D eigenvalue weighted by atomic mass is 32.1. The van der Waals surface area contributed by atoms with Gasteiger partial charge in [0, 0.05) is 12.2 Å². The molecule has 0 radical (unpaired) electrons. The molecule has 5 nitrogen and oxygen atoms in total. The molecule has 2 rings (SSSR count). The van der Waals surface area contributed by atoms with Gasteiger partial charge in [-0.15, -0.1) is 10.2 Å². The molecular weight excluding hydrogens is 246 g/mol. The van der Waals surface area contributed by atoms with Gasteiger partial charge in [-0.3, -0.25) is 4.57 Å². The van der Waals surface area contributed by atoms with Gasteiger partial charge < -0.3 is 5.32 Å². The number of nitrogens with one attached hydrogen (secondary N) is 1. The summed E-state index contributed by atoms with van der Waals surface area (Å²) in [6.07, 6.45) is 1.80. The minimum absolute atomic E-state index is 0.649. The Morgan fingerprint density at radius 3 is 2.72 bits per heavy atom. The maximum atomic E-state index is 4.27. The lowest BCUT2D eigenvalue weighted by Crippen LogP contribution is -2.18. The van der Waals surface area contributed by atoms with Crippen molar-refractivity contribution in [3.8, 4) is 5.13 Å². The van der Waals surface area contributed by atoms with Crippen molar-refractivity contribution in [1.29, 1.82) is 0 Å². The summed E-state index contributed by atoms with van der Waals surface area (Å²) >= 11 is 1.60. The molecule has 2 aromatic rings. The lowest BCUT2D eigenvalue weighted by Gasteiger charge is -2.04. The first-order valence-corrected chi connectivity index (χ1v) is 6.93. The Morgan fingerprint density at radius 2 is 2.11 bits per heavy atom. The van der Waals surface area contributed by atoms with Crippen LogP contribution in [0, 0.1) is 19.8 Å². The van der Waals surface area contributed by atoms with Crippen molar-refractivity contribution in [3.63, 3.8) is 0 Å². The van der Waals surface area contributed by atoms with Crippen LogP contribution in [-0.4, -0.2) is 26.3 Å². The van der Waals surface area contributed by atoms with Gasteiger partial charge in [0.2, 0.25) is 5.13 Å². The Labute approximate surface area is 111 Å². The molecule has 0 aromatic carbocycles. The summed E-state index contributed by atoms with van der Waals surface area (Å²) in [6.45, 7) is 10.2. The van der Waals surface area contributed by atoms with Gasteiger partial charge in [-0.25, -0.2) is 4.98 Å². The zero-order valence-corrected chi connectivity index (χ0v) is 12.1. The van der Waals surface area contributed by atoms with Gasteiger partial charge in [0.15, 0.2) is 0 Å². The Bertz CT molecular complexity index is 514. The number of hydrogen-bond acceptors (Lipinski definition) is 5. The molecule has 0 amide bonds. The molecule has 18 heavy (non-hydrogen) atoms. The lowest BCUT2D eigenvalue weighted by atomic mass is 10.2.